The fraction of sp³-hybridized carbons (Fsp3) is 0.238. The van der Waals surface area contributed by atoms with Gasteiger partial charge in [-0.15, -0.1) is 0 Å². The number of hydrogen-bond acceptors (Lipinski definition) is 3. The zero-order chi connectivity index (χ0) is 18.5. The largest absolute Gasteiger partial charge is 0.496 e. The third-order valence-electron chi connectivity index (χ3n) is 4.38. The molecule has 1 aromatic heterocycles. The molecule has 1 unspecified atom stereocenters. The first-order valence-electron chi connectivity index (χ1n) is 8.63. The summed E-state index contributed by atoms with van der Waals surface area (Å²) < 4.78 is 5.38. The highest BCUT2D eigenvalue weighted by molar-refractivity contribution is 5.95. The van der Waals surface area contributed by atoms with E-state index in [-0.39, 0.29) is 11.9 Å². The molecule has 0 saturated carbocycles. The van der Waals surface area contributed by atoms with Crippen molar-refractivity contribution in [1.29, 1.82) is 0 Å². The van der Waals surface area contributed by atoms with Crippen molar-refractivity contribution < 1.29 is 9.53 Å². The number of para-hydroxylation sites is 1. The molecule has 0 saturated heterocycles. The SMILES string of the molecule is COc1ccccc1CC(C)NC(=O)c1[nH]nc(-c2ccccc2)c1C. The third-order valence-corrected chi connectivity index (χ3v) is 4.38. The molecule has 0 fully saturated rings. The lowest BCUT2D eigenvalue weighted by molar-refractivity contribution is 0.0934. The molecule has 0 radical (unpaired) electrons. The molecule has 1 atom stereocenters. The summed E-state index contributed by atoms with van der Waals surface area (Å²) in [7, 11) is 1.65. The predicted octanol–water partition coefficient (Wildman–Crippen LogP) is 3.75. The van der Waals surface area contributed by atoms with Gasteiger partial charge in [-0.3, -0.25) is 9.89 Å². The Hall–Kier alpha value is -3.08. The molecule has 0 bridgehead atoms. The minimum Gasteiger partial charge on any atom is -0.496 e. The fourth-order valence-electron chi connectivity index (χ4n) is 3.04. The van der Waals surface area contributed by atoms with E-state index < -0.39 is 0 Å². The van der Waals surface area contributed by atoms with E-state index in [1.54, 1.807) is 7.11 Å². The Balaban J connectivity index is 1.71. The first kappa shape index (κ1) is 17.7. The molecular formula is C21H23N3O2. The van der Waals surface area contributed by atoms with E-state index in [0.717, 1.165) is 28.1 Å². The normalized spacial score (nSPS) is 11.8. The van der Waals surface area contributed by atoms with Crippen LogP contribution in [0, 0.1) is 6.92 Å². The maximum Gasteiger partial charge on any atom is 0.269 e. The quantitative estimate of drug-likeness (QED) is 0.712. The van der Waals surface area contributed by atoms with Gasteiger partial charge in [0.1, 0.15) is 11.4 Å². The molecule has 0 aliphatic heterocycles. The lowest BCUT2D eigenvalue weighted by atomic mass is 10.0. The van der Waals surface area contributed by atoms with E-state index in [2.05, 4.69) is 15.5 Å². The molecule has 0 aliphatic rings. The molecule has 3 aromatic rings. The number of carbonyl (C=O) groups excluding carboxylic acids is 1. The van der Waals surface area contributed by atoms with Crippen molar-refractivity contribution in [3.8, 4) is 17.0 Å². The number of H-pyrrole nitrogens is 1. The molecule has 134 valence electrons. The Morgan fingerprint density at radius 1 is 1.15 bits per heavy atom. The minimum atomic E-state index is -0.153. The van der Waals surface area contributed by atoms with Gasteiger partial charge >= 0.3 is 0 Å². The van der Waals surface area contributed by atoms with Crippen molar-refractivity contribution in [2.45, 2.75) is 26.3 Å². The summed E-state index contributed by atoms with van der Waals surface area (Å²) in [6.07, 6.45) is 0.689. The smallest absolute Gasteiger partial charge is 0.269 e. The van der Waals surface area contributed by atoms with Gasteiger partial charge in [0, 0.05) is 17.2 Å². The molecule has 1 heterocycles. The molecule has 26 heavy (non-hydrogen) atoms. The first-order valence-corrected chi connectivity index (χ1v) is 8.63. The van der Waals surface area contributed by atoms with Crippen molar-refractivity contribution in [2.24, 2.45) is 0 Å². The number of nitrogens with zero attached hydrogens (tertiary/aromatic N) is 1. The number of rotatable bonds is 6. The molecular weight excluding hydrogens is 326 g/mol. The van der Waals surface area contributed by atoms with E-state index in [1.807, 2.05) is 68.4 Å². The van der Waals surface area contributed by atoms with Gasteiger partial charge in [0.15, 0.2) is 0 Å². The monoisotopic (exact) mass is 349 g/mol. The topological polar surface area (TPSA) is 67.0 Å². The van der Waals surface area contributed by atoms with Crippen molar-refractivity contribution in [2.75, 3.05) is 7.11 Å². The Labute approximate surface area is 153 Å². The highest BCUT2D eigenvalue weighted by atomic mass is 16.5. The Kier molecular flexibility index (Phi) is 5.37. The Morgan fingerprint density at radius 3 is 2.58 bits per heavy atom. The van der Waals surface area contributed by atoms with Crippen LogP contribution in [0.4, 0.5) is 0 Å². The van der Waals surface area contributed by atoms with E-state index in [4.69, 9.17) is 4.74 Å². The third kappa shape index (κ3) is 3.77. The zero-order valence-electron chi connectivity index (χ0n) is 15.2. The number of aromatic amines is 1. The summed E-state index contributed by atoms with van der Waals surface area (Å²) >= 11 is 0. The van der Waals surface area contributed by atoms with Crippen LogP contribution in [0.15, 0.2) is 54.6 Å². The summed E-state index contributed by atoms with van der Waals surface area (Å²) in [5, 5.41) is 10.2. The molecule has 5 heteroatoms. The van der Waals surface area contributed by atoms with Crippen LogP contribution in [-0.2, 0) is 6.42 Å². The maximum atomic E-state index is 12.7. The van der Waals surface area contributed by atoms with Gasteiger partial charge in [-0.2, -0.15) is 5.10 Å². The van der Waals surface area contributed by atoms with Crippen LogP contribution in [0.3, 0.4) is 0 Å². The van der Waals surface area contributed by atoms with E-state index in [0.29, 0.717) is 12.1 Å². The molecule has 1 amide bonds. The van der Waals surface area contributed by atoms with Crippen molar-refractivity contribution in [3.63, 3.8) is 0 Å². The number of methoxy groups -OCH3 is 1. The number of amides is 1. The Morgan fingerprint density at radius 2 is 1.85 bits per heavy atom. The number of carbonyl (C=O) groups is 1. The summed E-state index contributed by atoms with van der Waals surface area (Å²) in [6.45, 7) is 3.89. The van der Waals surface area contributed by atoms with Gasteiger partial charge < -0.3 is 10.1 Å². The molecule has 3 rings (SSSR count). The molecule has 0 aliphatic carbocycles. The van der Waals surface area contributed by atoms with Gasteiger partial charge in [0.2, 0.25) is 0 Å². The summed E-state index contributed by atoms with van der Waals surface area (Å²) in [4.78, 5) is 12.7. The van der Waals surface area contributed by atoms with Gasteiger partial charge in [-0.25, -0.2) is 0 Å². The minimum absolute atomic E-state index is 0.0401. The van der Waals surface area contributed by atoms with Crippen LogP contribution < -0.4 is 10.1 Å². The van der Waals surface area contributed by atoms with Gasteiger partial charge in [0.05, 0.1) is 12.8 Å². The predicted molar refractivity (Wildman–Crippen MR) is 102 cm³/mol. The van der Waals surface area contributed by atoms with Crippen LogP contribution in [0.1, 0.15) is 28.5 Å². The van der Waals surface area contributed by atoms with E-state index in [1.165, 1.54) is 0 Å². The van der Waals surface area contributed by atoms with Crippen molar-refractivity contribution >= 4 is 5.91 Å². The molecule has 2 N–H and O–H groups in total. The highest BCUT2D eigenvalue weighted by Gasteiger charge is 2.19. The molecule has 5 nitrogen and oxygen atoms in total. The zero-order valence-corrected chi connectivity index (χ0v) is 15.2. The van der Waals surface area contributed by atoms with Crippen LogP contribution in [0.5, 0.6) is 5.75 Å². The van der Waals surface area contributed by atoms with Crippen LogP contribution in [-0.4, -0.2) is 29.3 Å². The van der Waals surface area contributed by atoms with Crippen LogP contribution in [0.25, 0.3) is 11.3 Å². The lowest BCUT2D eigenvalue weighted by Gasteiger charge is -2.15. The Bertz CT molecular complexity index is 887. The summed E-state index contributed by atoms with van der Waals surface area (Å²) in [6, 6.07) is 17.6. The van der Waals surface area contributed by atoms with Crippen LogP contribution >= 0.6 is 0 Å². The summed E-state index contributed by atoms with van der Waals surface area (Å²) in [5.74, 6) is 0.678. The second-order valence-corrected chi connectivity index (χ2v) is 6.33. The lowest BCUT2D eigenvalue weighted by Crippen LogP contribution is -2.34. The molecule has 0 spiro atoms. The van der Waals surface area contributed by atoms with Gasteiger partial charge in [-0.1, -0.05) is 48.5 Å². The van der Waals surface area contributed by atoms with Gasteiger partial charge in [0.25, 0.3) is 5.91 Å². The number of aromatic nitrogens is 2. The second kappa shape index (κ2) is 7.87. The number of nitrogens with one attached hydrogen (secondary N) is 2. The number of hydrogen-bond donors (Lipinski definition) is 2. The number of ether oxygens (including phenoxy) is 1. The van der Waals surface area contributed by atoms with Crippen molar-refractivity contribution in [1.82, 2.24) is 15.5 Å². The fourth-order valence-corrected chi connectivity index (χ4v) is 3.04. The standard InChI is InChI=1S/C21H23N3O2/c1-14(13-17-11-7-8-12-18(17)26-3)22-21(25)20-15(2)19(23-24-20)16-9-5-4-6-10-16/h4-12,14H,13H2,1-3H3,(H,22,25)(H,23,24). The van der Waals surface area contributed by atoms with Crippen LogP contribution in [0.2, 0.25) is 0 Å². The highest BCUT2D eigenvalue weighted by Crippen LogP contribution is 2.23. The van der Waals surface area contributed by atoms with Crippen molar-refractivity contribution in [3.05, 3.63) is 71.4 Å². The summed E-state index contributed by atoms with van der Waals surface area (Å²) in [5.41, 5.74) is 4.19. The average molecular weight is 349 g/mol. The second-order valence-electron chi connectivity index (χ2n) is 6.33. The molecule has 2 aromatic carbocycles. The van der Waals surface area contributed by atoms with Gasteiger partial charge in [-0.05, 0) is 31.9 Å². The maximum absolute atomic E-state index is 12.7. The van der Waals surface area contributed by atoms with E-state index in [9.17, 15) is 4.79 Å². The average Bonchev–Trinajstić information content (AvgIpc) is 3.04. The van der Waals surface area contributed by atoms with E-state index >= 15 is 0 Å². The first-order chi connectivity index (χ1) is 12.6. The number of benzene rings is 2.